The molecule has 0 radical (unpaired) electrons. The Morgan fingerprint density at radius 1 is 1.26 bits per heavy atom. The van der Waals surface area contributed by atoms with Crippen LogP contribution in [-0.2, 0) is 0 Å². The quantitative estimate of drug-likeness (QED) is 0.897. The van der Waals surface area contributed by atoms with Crippen LogP contribution in [0, 0.1) is 5.82 Å². The molecule has 1 unspecified atom stereocenters. The van der Waals surface area contributed by atoms with Crippen LogP contribution in [0.15, 0.2) is 40.9 Å². The van der Waals surface area contributed by atoms with Gasteiger partial charge in [0.25, 0.3) is 0 Å². The molecule has 0 heterocycles. The minimum atomic E-state index is -1.00. The minimum absolute atomic E-state index is 0.349. The van der Waals surface area contributed by atoms with E-state index < -0.39 is 11.9 Å². The first-order valence-corrected chi connectivity index (χ1v) is 6.66. The van der Waals surface area contributed by atoms with E-state index in [1.54, 1.807) is 30.3 Å². The van der Waals surface area contributed by atoms with Crippen molar-refractivity contribution >= 4 is 27.5 Å². The van der Waals surface area contributed by atoms with Crippen LogP contribution >= 0.6 is 27.5 Å². The average Bonchev–Trinajstić information content (AvgIpc) is 2.41. The molecule has 0 aliphatic heterocycles. The van der Waals surface area contributed by atoms with Crippen molar-refractivity contribution in [2.75, 3.05) is 7.11 Å². The molecule has 2 aromatic rings. The first-order valence-electron chi connectivity index (χ1n) is 5.49. The molecular weight excluding hydrogens is 335 g/mol. The number of hydrogen-bond donors (Lipinski definition) is 1. The van der Waals surface area contributed by atoms with Crippen molar-refractivity contribution in [2.24, 2.45) is 0 Å². The highest BCUT2D eigenvalue weighted by molar-refractivity contribution is 9.10. The molecule has 0 saturated carbocycles. The van der Waals surface area contributed by atoms with Gasteiger partial charge < -0.3 is 9.84 Å². The lowest BCUT2D eigenvalue weighted by molar-refractivity contribution is 0.214. The zero-order valence-corrected chi connectivity index (χ0v) is 12.4. The number of benzene rings is 2. The molecule has 0 aromatic heterocycles. The summed E-state index contributed by atoms with van der Waals surface area (Å²) >= 11 is 8.99. The van der Waals surface area contributed by atoms with Crippen molar-refractivity contribution in [3.63, 3.8) is 0 Å². The molecule has 100 valence electrons. The Balaban J connectivity index is 2.45. The summed E-state index contributed by atoms with van der Waals surface area (Å²) in [5, 5.41) is 10.8. The Hall–Kier alpha value is -1.10. The average molecular weight is 346 g/mol. The number of aliphatic hydroxyl groups is 1. The van der Waals surface area contributed by atoms with Crippen molar-refractivity contribution in [1.29, 1.82) is 0 Å². The number of methoxy groups -OCH3 is 1. The Bertz CT molecular complexity index is 604. The molecule has 0 saturated heterocycles. The molecule has 0 fully saturated rings. The number of aliphatic hydroxyl groups excluding tert-OH is 1. The highest BCUT2D eigenvalue weighted by atomic mass is 79.9. The van der Waals surface area contributed by atoms with E-state index in [1.165, 1.54) is 13.2 Å². The van der Waals surface area contributed by atoms with E-state index in [9.17, 15) is 9.50 Å². The van der Waals surface area contributed by atoms with Gasteiger partial charge in [0.15, 0.2) is 0 Å². The zero-order chi connectivity index (χ0) is 14.0. The van der Waals surface area contributed by atoms with Crippen LogP contribution in [0.5, 0.6) is 5.75 Å². The summed E-state index contributed by atoms with van der Waals surface area (Å²) in [6.45, 7) is 0. The Labute approximate surface area is 123 Å². The lowest BCUT2D eigenvalue weighted by Crippen LogP contribution is -2.03. The third kappa shape index (κ3) is 3.08. The summed E-state index contributed by atoms with van der Waals surface area (Å²) < 4.78 is 19.0. The van der Waals surface area contributed by atoms with Gasteiger partial charge in [-0.05, 0) is 51.8 Å². The van der Waals surface area contributed by atoms with E-state index in [0.29, 0.717) is 26.4 Å². The van der Waals surface area contributed by atoms with E-state index >= 15 is 0 Å². The van der Waals surface area contributed by atoms with Crippen LogP contribution in [0.1, 0.15) is 17.2 Å². The summed E-state index contributed by atoms with van der Waals surface area (Å²) in [5.74, 6) is 0.0674. The van der Waals surface area contributed by atoms with E-state index in [0.717, 1.165) is 0 Å². The van der Waals surface area contributed by atoms with Crippen molar-refractivity contribution in [1.82, 2.24) is 0 Å². The topological polar surface area (TPSA) is 29.5 Å². The second-order valence-electron chi connectivity index (χ2n) is 3.96. The first-order chi connectivity index (χ1) is 9.02. The van der Waals surface area contributed by atoms with Gasteiger partial charge in [-0.2, -0.15) is 0 Å². The minimum Gasteiger partial charge on any atom is -0.496 e. The molecule has 1 atom stereocenters. The number of hydrogen-bond acceptors (Lipinski definition) is 2. The van der Waals surface area contributed by atoms with E-state index in [1.807, 2.05) is 0 Å². The van der Waals surface area contributed by atoms with E-state index in [2.05, 4.69) is 15.9 Å². The van der Waals surface area contributed by atoms with E-state index in [4.69, 9.17) is 16.3 Å². The van der Waals surface area contributed by atoms with Gasteiger partial charge in [0.2, 0.25) is 0 Å². The van der Waals surface area contributed by atoms with Gasteiger partial charge in [0.05, 0.1) is 11.6 Å². The fourth-order valence-electron chi connectivity index (χ4n) is 1.78. The molecule has 2 aromatic carbocycles. The van der Waals surface area contributed by atoms with Crippen molar-refractivity contribution in [2.45, 2.75) is 6.10 Å². The van der Waals surface area contributed by atoms with Gasteiger partial charge in [-0.3, -0.25) is 0 Å². The normalized spacial score (nSPS) is 12.3. The van der Waals surface area contributed by atoms with Gasteiger partial charge in [-0.15, -0.1) is 0 Å². The number of halogens is 3. The Morgan fingerprint density at radius 3 is 2.63 bits per heavy atom. The molecule has 0 spiro atoms. The number of ether oxygens (including phenoxy) is 1. The van der Waals surface area contributed by atoms with Gasteiger partial charge in [-0.1, -0.05) is 17.7 Å². The van der Waals surface area contributed by atoms with Crippen LogP contribution in [0.25, 0.3) is 0 Å². The lowest BCUT2D eigenvalue weighted by Gasteiger charge is -2.16. The maximum Gasteiger partial charge on any atom is 0.137 e. The summed E-state index contributed by atoms with van der Waals surface area (Å²) in [6.07, 6.45) is -1.00. The second-order valence-corrected chi connectivity index (χ2v) is 5.25. The maximum atomic E-state index is 13.5. The highest BCUT2D eigenvalue weighted by Crippen LogP contribution is 2.33. The largest absolute Gasteiger partial charge is 0.496 e. The number of rotatable bonds is 3. The van der Waals surface area contributed by atoms with Crippen LogP contribution in [0.3, 0.4) is 0 Å². The smallest absolute Gasteiger partial charge is 0.137 e. The fourth-order valence-corrected chi connectivity index (χ4v) is 2.21. The molecule has 0 bridgehead atoms. The molecule has 19 heavy (non-hydrogen) atoms. The maximum absolute atomic E-state index is 13.5. The molecular formula is C14H11BrClFO2. The predicted molar refractivity (Wildman–Crippen MR) is 76.2 cm³/mol. The van der Waals surface area contributed by atoms with E-state index in [-0.39, 0.29) is 0 Å². The molecule has 1 N–H and O–H groups in total. The van der Waals surface area contributed by atoms with Crippen molar-refractivity contribution in [3.05, 3.63) is 62.8 Å². The first kappa shape index (κ1) is 14.3. The van der Waals surface area contributed by atoms with Crippen LogP contribution < -0.4 is 4.74 Å². The predicted octanol–water partition coefficient (Wildman–Crippen LogP) is 4.33. The fraction of sp³-hybridized carbons (Fsp3) is 0.143. The molecule has 0 amide bonds. The third-order valence-electron chi connectivity index (χ3n) is 2.75. The Kier molecular flexibility index (Phi) is 4.45. The van der Waals surface area contributed by atoms with Crippen molar-refractivity contribution < 1.29 is 14.2 Å². The Morgan fingerprint density at radius 2 is 2.00 bits per heavy atom. The standard InChI is InChI=1S/C14H11BrClFO2/c1-19-13-5-3-9(16)7-10(13)14(18)8-2-4-11(15)12(17)6-8/h2-7,14,18H,1H3. The molecule has 2 nitrogen and oxygen atoms in total. The summed E-state index contributed by atoms with van der Waals surface area (Å²) in [5.41, 5.74) is 0.929. The van der Waals surface area contributed by atoms with Crippen LogP contribution in [0.4, 0.5) is 4.39 Å². The van der Waals surface area contributed by atoms with Crippen LogP contribution in [0.2, 0.25) is 5.02 Å². The zero-order valence-electron chi connectivity index (χ0n) is 10.0. The molecule has 0 aliphatic rings. The molecule has 2 rings (SSSR count). The van der Waals surface area contributed by atoms with Gasteiger partial charge in [0, 0.05) is 10.6 Å². The van der Waals surface area contributed by atoms with Crippen molar-refractivity contribution in [3.8, 4) is 5.75 Å². The molecule has 5 heteroatoms. The van der Waals surface area contributed by atoms with Gasteiger partial charge in [-0.25, -0.2) is 4.39 Å². The van der Waals surface area contributed by atoms with Gasteiger partial charge >= 0.3 is 0 Å². The summed E-state index contributed by atoms with van der Waals surface area (Å²) in [7, 11) is 1.50. The monoisotopic (exact) mass is 344 g/mol. The highest BCUT2D eigenvalue weighted by Gasteiger charge is 2.17. The third-order valence-corrected chi connectivity index (χ3v) is 3.62. The lowest BCUT2D eigenvalue weighted by atomic mass is 10.0. The summed E-state index contributed by atoms with van der Waals surface area (Å²) in [6, 6.07) is 9.39. The van der Waals surface area contributed by atoms with Crippen LogP contribution in [-0.4, -0.2) is 12.2 Å². The van der Waals surface area contributed by atoms with Gasteiger partial charge in [0.1, 0.15) is 17.7 Å². The molecule has 0 aliphatic carbocycles. The summed E-state index contributed by atoms with van der Waals surface area (Å²) in [4.78, 5) is 0. The second kappa shape index (κ2) is 5.90. The SMILES string of the molecule is COc1ccc(Cl)cc1C(O)c1ccc(Br)c(F)c1.